The van der Waals surface area contributed by atoms with Crippen LogP contribution in [0, 0.1) is 0 Å². The molecule has 250 valence electrons. The SMILES string of the molecule is c1ccc(-c2ccc(N(c3ccccc3)c3ccc(-c4ccc(-c5ccc6c(c5)c5oc7ccccc7c5n6-c5ccccc5)cc4)cc3)cc2)cc1. The number of para-hydroxylation sites is 3. The first-order valence-corrected chi connectivity index (χ1v) is 18.0. The van der Waals surface area contributed by atoms with Crippen molar-refractivity contribution in [2.75, 3.05) is 4.90 Å². The van der Waals surface area contributed by atoms with Gasteiger partial charge in [0.15, 0.2) is 5.58 Å². The molecule has 0 atom stereocenters. The van der Waals surface area contributed by atoms with Gasteiger partial charge >= 0.3 is 0 Å². The molecule has 0 aliphatic carbocycles. The number of nitrogens with zero attached hydrogens (tertiary/aromatic N) is 2. The summed E-state index contributed by atoms with van der Waals surface area (Å²) in [7, 11) is 0. The lowest BCUT2D eigenvalue weighted by Crippen LogP contribution is -2.09. The minimum absolute atomic E-state index is 0.901. The molecule has 0 aliphatic rings. The quantitative estimate of drug-likeness (QED) is 0.167. The average Bonchev–Trinajstić information content (AvgIpc) is 3.77. The van der Waals surface area contributed by atoms with Crippen LogP contribution >= 0.6 is 0 Å². The van der Waals surface area contributed by atoms with Gasteiger partial charge in [0.05, 0.1) is 5.52 Å². The van der Waals surface area contributed by atoms with Crippen molar-refractivity contribution >= 4 is 50.0 Å². The maximum atomic E-state index is 6.52. The standard InChI is InChI=1S/C50H34N2O/c1-4-12-35(13-5-1)37-24-29-43(30-25-37)51(41-14-6-2-7-15-41)44-31-26-38(27-32-44)36-20-22-39(23-21-36)40-28-33-47-46(34-40)50-49(45-18-10-11-19-48(45)53-50)52(47)42-16-8-3-9-17-42/h1-34H. The van der Waals surface area contributed by atoms with Crippen molar-refractivity contribution in [1.82, 2.24) is 4.57 Å². The van der Waals surface area contributed by atoms with Gasteiger partial charge < -0.3 is 13.9 Å². The van der Waals surface area contributed by atoms with Gasteiger partial charge in [0.25, 0.3) is 0 Å². The third kappa shape index (κ3) is 5.47. The van der Waals surface area contributed by atoms with Crippen LogP contribution in [0.1, 0.15) is 0 Å². The van der Waals surface area contributed by atoms with Crippen LogP contribution in [0.4, 0.5) is 17.1 Å². The van der Waals surface area contributed by atoms with Gasteiger partial charge in [0, 0.05) is 33.5 Å². The van der Waals surface area contributed by atoms with Gasteiger partial charge in [-0.05, 0) is 106 Å². The summed E-state index contributed by atoms with van der Waals surface area (Å²) in [4.78, 5) is 2.31. The van der Waals surface area contributed by atoms with Gasteiger partial charge in [0.1, 0.15) is 11.1 Å². The zero-order valence-electron chi connectivity index (χ0n) is 28.9. The molecule has 0 saturated carbocycles. The average molecular weight is 679 g/mol. The molecule has 0 fully saturated rings. The van der Waals surface area contributed by atoms with Gasteiger partial charge in [-0.15, -0.1) is 0 Å². The Morgan fingerprint density at radius 3 is 1.43 bits per heavy atom. The number of anilines is 3. The molecule has 0 radical (unpaired) electrons. The molecule has 0 saturated heterocycles. The Morgan fingerprint density at radius 1 is 0.358 bits per heavy atom. The van der Waals surface area contributed by atoms with E-state index in [2.05, 4.69) is 204 Å². The topological polar surface area (TPSA) is 21.3 Å². The highest BCUT2D eigenvalue weighted by Crippen LogP contribution is 2.41. The molecular formula is C50H34N2O. The minimum Gasteiger partial charge on any atom is -0.454 e. The van der Waals surface area contributed by atoms with E-state index >= 15 is 0 Å². The highest BCUT2D eigenvalue weighted by Gasteiger charge is 2.20. The van der Waals surface area contributed by atoms with E-state index in [1.54, 1.807) is 0 Å². The van der Waals surface area contributed by atoms with E-state index in [-0.39, 0.29) is 0 Å². The highest BCUT2D eigenvalue weighted by atomic mass is 16.3. The largest absolute Gasteiger partial charge is 0.454 e. The van der Waals surface area contributed by atoms with Crippen LogP contribution in [0.2, 0.25) is 0 Å². The lowest BCUT2D eigenvalue weighted by molar-refractivity contribution is 0.673. The molecule has 10 rings (SSSR count). The van der Waals surface area contributed by atoms with E-state index in [9.17, 15) is 0 Å². The van der Waals surface area contributed by atoms with Gasteiger partial charge in [-0.2, -0.15) is 0 Å². The molecule has 0 amide bonds. The van der Waals surface area contributed by atoms with E-state index in [0.717, 1.165) is 66.8 Å². The van der Waals surface area contributed by atoms with Crippen molar-refractivity contribution < 1.29 is 4.42 Å². The van der Waals surface area contributed by atoms with Crippen LogP contribution in [-0.2, 0) is 0 Å². The molecule has 53 heavy (non-hydrogen) atoms. The Hall–Kier alpha value is -7.10. The molecule has 3 heteroatoms. The summed E-state index contributed by atoms with van der Waals surface area (Å²) in [6.45, 7) is 0. The van der Waals surface area contributed by atoms with Crippen molar-refractivity contribution in [3.8, 4) is 39.1 Å². The van der Waals surface area contributed by atoms with E-state index in [1.165, 1.54) is 22.3 Å². The zero-order valence-corrected chi connectivity index (χ0v) is 28.9. The lowest BCUT2D eigenvalue weighted by Gasteiger charge is -2.26. The lowest BCUT2D eigenvalue weighted by atomic mass is 9.99. The van der Waals surface area contributed by atoms with Gasteiger partial charge in [-0.3, -0.25) is 0 Å². The fraction of sp³-hybridized carbons (Fsp3) is 0. The number of benzene rings is 8. The Bertz CT molecular complexity index is 2840. The second kappa shape index (κ2) is 12.9. The molecule has 0 N–H and O–H groups in total. The number of furan rings is 1. The minimum atomic E-state index is 0.901. The number of hydrogen-bond donors (Lipinski definition) is 0. The summed E-state index contributed by atoms with van der Waals surface area (Å²) in [6.07, 6.45) is 0. The molecular weight excluding hydrogens is 645 g/mol. The first-order chi connectivity index (χ1) is 26.3. The van der Waals surface area contributed by atoms with Crippen molar-refractivity contribution in [3.05, 3.63) is 206 Å². The zero-order chi connectivity index (χ0) is 35.1. The number of rotatable bonds is 7. The van der Waals surface area contributed by atoms with Gasteiger partial charge in [-0.1, -0.05) is 133 Å². The van der Waals surface area contributed by atoms with E-state index < -0.39 is 0 Å². The van der Waals surface area contributed by atoms with E-state index in [0.29, 0.717) is 0 Å². The van der Waals surface area contributed by atoms with Crippen LogP contribution in [0.15, 0.2) is 211 Å². The second-order valence-corrected chi connectivity index (χ2v) is 13.4. The van der Waals surface area contributed by atoms with E-state index in [4.69, 9.17) is 4.42 Å². The third-order valence-electron chi connectivity index (χ3n) is 10.2. The van der Waals surface area contributed by atoms with Crippen LogP contribution in [-0.4, -0.2) is 4.57 Å². The van der Waals surface area contributed by atoms with Crippen molar-refractivity contribution in [2.24, 2.45) is 0 Å². The second-order valence-electron chi connectivity index (χ2n) is 13.4. The smallest absolute Gasteiger partial charge is 0.161 e. The molecule has 10 aromatic rings. The molecule has 8 aromatic carbocycles. The van der Waals surface area contributed by atoms with Crippen LogP contribution in [0.3, 0.4) is 0 Å². The fourth-order valence-electron chi connectivity index (χ4n) is 7.61. The maximum Gasteiger partial charge on any atom is 0.161 e. The first kappa shape index (κ1) is 30.7. The summed E-state index contributed by atoms with van der Waals surface area (Å²) < 4.78 is 8.84. The highest BCUT2D eigenvalue weighted by molar-refractivity contribution is 6.17. The Morgan fingerprint density at radius 2 is 0.811 bits per heavy atom. The first-order valence-electron chi connectivity index (χ1n) is 18.0. The van der Waals surface area contributed by atoms with Crippen molar-refractivity contribution in [1.29, 1.82) is 0 Å². The van der Waals surface area contributed by atoms with Crippen LogP contribution < -0.4 is 4.90 Å². The molecule has 3 nitrogen and oxygen atoms in total. The maximum absolute atomic E-state index is 6.52. The van der Waals surface area contributed by atoms with Gasteiger partial charge in [0.2, 0.25) is 0 Å². The summed E-state index contributed by atoms with van der Waals surface area (Å²) in [5, 5.41) is 2.22. The molecule has 0 bridgehead atoms. The van der Waals surface area contributed by atoms with Crippen molar-refractivity contribution in [2.45, 2.75) is 0 Å². The molecule has 0 aliphatic heterocycles. The van der Waals surface area contributed by atoms with Crippen LogP contribution in [0.25, 0.3) is 72.0 Å². The summed E-state index contributed by atoms with van der Waals surface area (Å²) in [6, 6.07) is 73.2. The fourth-order valence-corrected chi connectivity index (χ4v) is 7.61. The predicted octanol–water partition coefficient (Wildman–Crippen LogP) is 14.0. The molecule has 2 aromatic heterocycles. The van der Waals surface area contributed by atoms with Crippen molar-refractivity contribution in [3.63, 3.8) is 0 Å². The predicted molar refractivity (Wildman–Crippen MR) is 222 cm³/mol. The van der Waals surface area contributed by atoms with E-state index in [1.807, 2.05) is 12.1 Å². The Kier molecular flexibility index (Phi) is 7.47. The third-order valence-corrected chi connectivity index (χ3v) is 10.2. The summed E-state index contributed by atoms with van der Waals surface area (Å²) in [5.41, 5.74) is 15.6. The Balaban J connectivity index is 0.971. The number of fused-ring (bicyclic) bond motifs is 5. The molecule has 0 spiro atoms. The Labute approximate surface area is 308 Å². The normalized spacial score (nSPS) is 11.4. The number of aromatic nitrogens is 1. The summed E-state index contributed by atoms with van der Waals surface area (Å²) >= 11 is 0. The monoisotopic (exact) mass is 678 g/mol. The molecule has 2 heterocycles. The summed E-state index contributed by atoms with van der Waals surface area (Å²) in [5.74, 6) is 0. The van der Waals surface area contributed by atoms with Crippen LogP contribution in [0.5, 0.6) is 0 Å². The van der Waals surface area contributed by atoms with Gasteiger partial charge in [-0.25, -0.2) is 0 Å². The number of hydrogen-bond acceptors (Lipinski definition) is 2. The molecule has 0 unspecified atom stereocenters.